The van der Waals surface area contributed by atoms with Crippen molar-refractivity contribution in [2.24, 2.45) is 0 Å². The molecular formula is C14H12O3. The number of ether oxygens (including phenoxy) is 2. The molecule has 0 spiro atoms. The Labute approximate surface area is 99.3 Å². The van der Waals surface area contributed by atoms with E-state index in [1.807, 2.05) is 24.3 Å². The molecule has 0 aromatic heterocycles. The van der Waals surface area contributed by atoms with E-state index >= 15 is 0 Å². The van der Waals surface area contributed by atoms with Crippen LogP contribution in [0.3, 0.4) is 0 Å². The van der Waals surface area contributed by atoms with Gasteiger partial charge in [0.05, 0.1) is 7.11 Å². The molecule has 0 atom stereocenters. The number of esters is 1. The van der Waals surface area contributed by atoms with E-state index in [0.29, 0.717) is 5.75 Å². The molecule has 86 valence electrons. The summed E-state index contributed by atoms with van der Waals surface area (Å²) in [6.07, 6.45) is 1.13. The summed E-state index contributed by atoms with van der Waals surface area (Å²) < 4.78 is 10.3. The Morgan fingerprint density at radius 3 is 2.82 bits per heavy atom. The predicted molar refractivity (Wildman–Crippen MR) is 66.3 cm³/mol. The van der Waals surface area contributed by atoms with Crippen LogP contribution in [0.4, 0.5) is 0 Å². The van der Waals surface area contributed by atoms with Crippen molar-refractivity contribution < 1.29 is 14.3 Å². The van der Waals surface area contributed by atoms with E-state index in [-0.39, 0.29) is 0 Å². The average molecular weight is 228 g/mol. The molecule has 0 bridgehead atoms. The quantitative estimate of drug-likeness (QED) is 0.460. The van der Waals surface area contributed by atoms with Gasteiger partial charge in [0.1, 0.15) is 11.5 Å². The van der Waals surface area contributed by atoms with Gasteiger partial charge in [0.2, 0.25) is 0 Å². The topological polar surface area (TPSA) is 35.5 Å². The zero-order chi connectivity index (χ0) is 12.3. The van der Waals surface area contributed by atoms with Crippen LogP contribution in [0.5, 0.6) is 11.5 Å². The molecular weight excluding hydrogens is 216 g/mol. The van der Waals surface area contributed by atoms with Gasteiger partial charge >= 0.3 is 5.97 Å². The van der Waals surface area contributed by atoms with Gasteiger partial charge in [-0.3, -0.25) is 0 Å². The van der Waals surface area contributed by atoms with Gasteiger partial charge in [-0.25, -0.2) is 4.79 Å². The fourth-order valence-electron chi connectivity index (χ4n) is 1.63. The number of fused-ring (bicyclic) bond motifs is 1. The maximum atomic E-state index is 11.1. The predicted octanol–water partition coefficient (Wildman–Crippen LogP) is 2.94. The van der Waals surface area contributed by atoms with E-state index < -0.39 is 5.97 Å². The number of hydrogen-bond donors (Lipinski definition) is 0. The summed E-state index contributed by atoms with van der Waals surface area (Å²) in [5.74, 6) is 0.826. The van der Waals surface area contributed by atoms with Crippen molar-refractivity contribution in [3.05, 3.63) is 49.1 Å². The highest BCUT2D eigenvalue weighted by molar-refractivity contribution is 5.90. The lowest BCUT2D eigenvalue weighted by Crippen LogP contribution is -2.02. The molecule has 0 heterocycles. The summed E-state index contributed by atoms with van der Waals surface area (Å²) in [6, 6.07) is 11.1. The maximum absolute atomic E-state index is 11.1. The van der Waals surface area contributed by atoms with Crippen molar-refractivity contribution in [1.82, 2.24) is 0 Å². The highest BCUT2D eigenvalue weighted by Gasteiger charge is 2.04. The van der Waals surface area contributed by atoms with Crippen molar-refractivity contribution in [2.75, 3.05) is 7.11 Å². The van der Waals surface area contributed by atoms with E-state index in [2.05, 4.69) is 6.58 Å². The Morgan fingerprint density at radius 1 is 1.29 bits per heavy atom. The van der Waals surface area contributed by atoms with Crippen molar-refractivity contribution in [3.63, 3.8) is 0 Å². The second kappa shape index (κ2) is 4.70. The molecule has 0 aliphatic carbocycles. The van der Waals surface area contributed by atoms with Crippen molar-refractivity contribution in [1.29, 1.82) is 0 Å². The number of methoxy groups -OCH3 is 1. The first-order chi connectivity index (χ1) is 8.24. The minimum Gasteiger partial charge on any atom is -0.496 e. The Kier molecular flexibility index (Phi) is 3.10. The summed E-state index contributed by atoms with van der Waals surface area (Å²) in [5.41, 5.74) is 0. The van der Waals surface area contributed by atoms with Crippen molar-refractivity contribution in [2.45, 2.75) is 0 Å². The van der Waals surface area contributed by atoms with Crippen molar-refractivity contribution in [3.8, 4) is 11.5 Å². The molecule has 0 saturated carbocycles. The molecule has 0 amide bonds. The van der Waals surface area contributed by atoms with Crippen LogP contribution < -0.4 is 9.47 Å². The van der Waals surface area contributed by atoms with Gasteiger partial charge in [0, 0.05) is 11.5 Å². The molecule has 0 saturated heterocycles. The Bertz CT molecular complexity index is 573. The zero-order valence-electron chi connectivity index (χ0n) is 9.47. The SMILES string of the molecule is C=CC(=O)Oc1ccc2c(OC)cccc2c1. The molecule has 17 heavy (non-hydrogen) atoms. The summed E-state index contributed by atoms with van der Waals surface area (Å²) in [6.45, 7) is 3.35. The molecule has 2 rings (SSSR count). The first kappa shape index (κ1) is 11.2. The lowest BCUT2D eigenvalue weighted by Gasteiger charge is -2.07. The van der Waals surface area contributed by atoms with E-state index in [1.54, 1.807) is 19.2 Å². The van der Waals surface area contributed by atoms with Crippen LogP contribution in [0.1, 0.15) is 0 Å². The fraction of sp³-hybridized carbons (Fsp3) is 0.0714. The van der Waals surface area contributed by atoms with E-state index in [1.165, 1.54) is 0 Å². The summed E-state index contributed by atoms with van der Waals surface area (Å²) in [7, 11) is 1.63. The molecule has 0 N–H and O–H groups in total. The first-order valence-electron chi connectivity index (χ1n) is 5.15. The van der Waals surface area contributed by atoms with Gasteiger partial charge in [0.15, 0.2) is 0 Å². The van der Waals surface area contributed by atoms with Gasteiger partial charge in [-0.2, -0.15) is 0 Å². The van der Waals surface area contributed by atoms with Crippen LogP contribution in [0.15, 0.2) is 49.1 Å². The molecule has 0 aliphatic rings. The second-order valence-electron chi connectivity index (χ2n) is 3.47. The summed E-state index contributed by atoms with van der Waals surface area (Å²) in [4.78, 5) is 11.1. The van der Waals surface area contributed by atoms with Crippen molar-refractivity contribution >= 4 is 16.7 Å². The lowest BCUT2D eigenvalue weighted by molar-refractivity contribution is -0.128. The second-order valence-corrected chi connectivity index (χ2v) is 3.47. The third-order valence-corrected chi connectivity index (χ3v) is 2.42. The Morgan fingerprint density at radius 2 is 2.12 bits per heavy atom. The van der Waals surface area contributed by atoms with Gasteiger partial charge < -0.3 is 9.47 Å². The lowest BCUT2D eigenvalue weighted by atomic mass is 10.1. The Hall–Kier alpha value is -2.29. The molecule has 0 unspecified atom stereocenters. The Balaban J connectivity index is 2.44. The highest BCUT2D eigenvalue weighted by Crippen LogP contribution is 2.28. The largest absolute Gasteiger partial charge is 0.496 e. The first-order valence-corrected chi connectivity index (χ1v) is 5.15. The molecule has 3 nitrogen and oxygen atoms in total. The number of hydrogen-bond acceptors (Lipinski definition) is 3. The monoisotopic (exact) mass is 228 g/mol. The third-order valence-electron chi connectivity index (χ3n) is 2.42. The number of carbonyl (C=O) groups excluding carboxylic acids is 1. The third kappa shape index (κ3) is 2.28. The smallest absolute Gasteiger partial charge is 0.335 e. The summed E-state index contributed by atoms with van der Waals surface area (Å²) >= 11 is 0. The van der Waals surface area contributed by atoms with Crippen LogP contribution in [0.2, 0.25) is 0 Å². The molecule has 2 aromatic rings. The number of benzene rings is 2. The van der Waals surface area contributed by atoms with Crippen LogP contribution in [-0.4, -0.2) is 13.1 Å². The highest BCUT2D eigenvalue weighted by atomic mass is 16.5. The normalized spacial score (nSPS) is 9.94. The maximum Gasteiger partial charge on any atom is 0.335 e. The summed E-state index contributed by atoms with van der Waals surface area (Å²) in [5, 5.41) is 1.94. The standard InChI is InChI=1S/C14H12O3/c1-3-14(15)17-11-7-8-12-10(9-11)5-4-6-13(12)16-2/h3-9H,1H2,2H3. The van der Waals surface area contributed by atoms with Gasteiger partial charge in [-0.1, -0.05) is 18.7 Å². The molecule has 3 heteroatoms. The molecule has 0 fully saturated rings. The number of rotatable bonds is 3. The molecule has 0 radical (unpaired) electrons. The zero-order valence-corrected chi connectivity index (χ0v) is 9.47. The van der Waals surface area contributed by atoms with Crippen LogP contribution >= 0.6 is 0 Å². The van der Waals surface area contributed by atoms with Gasteiger partial charge in [-0.05, 0) is 29.7 Å². The minimum absolute atomic E-state index is 0.466. The average Bonchev–Trinajstić information content (AvgIpc) is 2.37. The van der Waals surface area contributed by atoms with Gasteiger partial charge in [-0.15, -0.1) is 0 Å². The van der Waals surface area contributed by atoms with Crippen LogP contribution in [0.25, 0.3) is 10.8 Å². The fourth-order valence-corrected chi connectivity index (χ4v) is 1.63. The minimum atomic E-state index is -0.466. The van der Waals surface area contributed by atoms with Crippen LogP contribution in [-0.2, 0) is 4.79 Å². The number of carbonyl (C=O) groups is 1. The van der Waals surface area contributed by atoms with E-state index in [9.17, 15) is 4.79 Å². The molecule has 2 aromatic carbocycles. The van der Waals surface area contributed by atoms with Gasteiger partial charge in [0.25, 0.3) is 0 Å². The van der Waals surface area contributed by atoms with E-state index in [0.717, 1.165) is 22.6 Å². The van der Waals surface area contributed by atoms with Crippen LogP contribution in [0, 0.1) is 0 Å². The molecule has 0 aliphatic heterocycles. The van der Waals surface area contributed by atoms with E-state index in [4.69, 9.17) is 9.47 Å².